The van der Waals surface area contributed by atoms with Gasteiger partial charge in [-0.3, -0.25) is 4.98 Å². The summed E-state index contributed by atoms with van der Waals surface area (Å²) >= 11 is 0. The van der Waals surface area contributed by atoms with Crippen molar-refractivity contribution in [2.45, 2.75) is 0 Å². The van der Waals surface area contributed by atoms with Crippen LogP contribution in [0.2, 0.25) is 0 Å². The largest absolute Gasteiger partial charge is 0.264 e. The molecule has 1 nitrogen and oxygen atoms in total. The maximum absolute atomic E-state index is 9.56. The molecule has 224 valence electrons. The second kappa shape index (κ2) is 11.8. The summed E-state index contributed by atoms with van der Waals surface area (Å²) in [6.07, 6.45) is 3.63. The number of hydrogen-bond acceptors (Lipinski definition) is 1. The quantitative estimate of drug-likeness (QED) is 0.176. The highest BCUT2D eigenvalue weighted by atomic mass is 14.6. The molecule has 48 heavy (non-hydrogen) atoms. The van der Waals surface area contributed by atoms with Crippen LogP contribution in [0.3, 0.4) is 0 Å². The fourth-order valence-electron chi connectivity index (χ4n) is 7.09. The summed E-state index contributed by atoms with van der Waals surface area (Å²) < 4.78 is 36.9. The van der Waals surface area contributed by atoms with Gasteiger partial charge < -0.3 is 0 Å². The molecule has 0 aliphatic heterocycles. The van der Waals surface area contributed by atoms with Crippen molar-refractivity contribution in [3.63, 3.8) is 0 Å². The van der Waals surface area contributed by atoms with Crippen LogP contribution in [-0.4, -0.2) is 4.98 Å². The SMILES string of the molecule is [2H]c1c([2H])c([2H])c2c(-c3c(-c4ccccc4)cccc3-c3ccccc3)c3ccccc3c(-c3ccc4ccc(-c5cccnc5)cc4c3)c2c1[2H]. The normalized spacial score (nSPS) is 12.5. The minimum absolute atomic E-state index is 0.0549. The molecule has 1 aromatic heterocycles. The summed E-state index contributed by atoms with van der Waals surface area (Å²) in [5.41, 5.74) is 9.49. The first-order valence-corrected chi connectivity index (χ1v) is 16.1. The Bertz CT molecular complexity index is 2760. The number of pyridine rings is 1. The summed E-state index contributed by atoms with van der Waals surface area (Å²) in [5, 5.41) is 4.95. The fraction of sp³-hybridized carbons (Fsp3) is 0. The molecular formula is C47H31N. The highest BCUT2D eigenvalue weighted by Crippen LogP contribution is 2.49. The zero-order chi connectivity index (χ0) is 35.3. The van der Waals surface area contributed by atoms with Gasteiger partial charge in [-0.05, 0) is 101 Å². The highest BCUT2D eigenvalue weighted by Gasteiger charge is 2.22. The summed E-state index contributed by atoms with van der Waals surface area (Å²) in [4.78, 5) is 4.32. The Morgan fingerprint density at radius 1 is 0.375 bits per heavy atom. The van der Waals surface area contributed by atoms with Crippen LogP contribution in [-0.2, 0) is 0 Å². The Labute approximate surface area is 286 Å². The maximum Gasteiger partial charge on any atom is 0.0629 e. The van der Waals surface area contributed by atoms with Crippen LogP contribution < -0.4 is 0 Å². The van der Waals surface area contributed by atoms with E-state index in [0.717, 1.165) is 77.2 Å². The zero-order valence-corrected chi connectivity index (χ0v) is 26.0. The van der Waals surface area contributed by atoms with Crippen molar-refractivity contribution in [3.8, 4) is 55.6 Å². The van der Waals surface area contributed by atoms with Crippen molar-refractivity contribution >= 4 is 32.3 Å². The van der Waals surface area contributed by atoms with E-state index in [2.05, 4.69) is 96.0 Å². The molecular weight excluding hydrogens is 579 g/mol. The predicted octanol–water partition coefficient (Wildman–Crippen LogP) is 12.9. The van der Waals surface area contributed by atoms with E-state index in [-0.39, 0.29) is 24.2 Å². The Morgan fingerprint density at radius 3 is 1.58 bits per heavy atom. The van der Waals surface area contributed by atoms with Crippen molar-refractivity contribution in [2.24, 2.45) is 0 Å². The van der Waals surface area contributed by atoms with Crippen molar-refractivity contribution in [1.82, 2.24) is 4.98 Å². The van der Waals surface area contributed by atoms with E-state index in [1.165, 1.54) is 0 Å². The zero-order valence-electron chi connectivity index (χ0n) is 30.0. The molecule has 0 saturated carbocycles. The van der Waals surface area contributed by atoms with E-state index in [0.29, 0.717) is 10.8 Å². The Morgan fingerprint density at radius 2 is 0.938 bits per heavy atom. The highest BCUT2D eigenvalue weighted by molar-refractivity contribution is 6.24. The Kier molecular flexibility index (Phi) is 5.89. The number of rotatable bonds is 5. The first-order chi connectivity index (χ1) is 25.5. The van der Waals surface area contributed by atoms with Gasteiger partial charge in [-0.1, -0.05) is 158 Å². The van der Waals surface area contributed by atoms with Crippen LogP contribution in [0.25, 0.3) is 88.0 Å². The van der Waals surface area contributed by atoms with E-state index < -0.39 is 0 Å². The number of fused-ring (bicyclic) bond motifs is 3. The van der Waals surface area contributed by atoms with Crippen LogP contribution in [0.1, 0.15) is 5.48 Å². The number of hydrogen-bond donors (Lipinski definition) is 0. The summed E-state index contributed by atoms with van der Waals surface area (Å²) in [5.74, 6) is 0. The minimum Gasteiger partial charge on any atom is -0.264 e. The van der Waals surface area contributed by atoms with Gasteiger partial charge in [0.05, 0.1) is 5.48 Å². The molecule has 9 rings (SSSR count). The monoisotopic (exact) mass is 613 g/mol. The lowest BCUT2D eigenvalue weighted by Gasteiger charge is -2.22. The van der Waals surface area contributed by atoms with Crippen molar-refractivity contribution in [3.05, 3.63) is 188 Å². The predicted molar refractivity (Wildman–Crippen MR) is 204 cm³/mol. The molecule has 0 radical (unpaired) electrons. The Balaban J connectivity index is 1.45. The third-order valence-corrected chi connectivity index (χ3v) is 9.26. The molecule has 0 unspecified atom stereocenters. The molecule has 1 heterocycles. The molecule has 0 aliphatic rings. The van der Waals surface area contributed by atoms with Gasteiger partial charge in [-0.2, -0.15) is 0 Å². The van der Waals surface area contributed by atoms with E-state index in [1.807, 2.05) is 66.9 Å². The summed E-state index contributed by atoms with van der Waals surface area (Å²) in [6, 6.07) is 51.0. The summed E-state index contributed by atoms with van der Waals surface area (Å²) in [6.45, 7) is 0. The van der Waals surface area contributed by atoms with Crippen LogP contribution in [0.4, 0.5) is 0 Å². The second-order valence-electron chi connectivity index (χ2n) is 12.0. The molecule has 0 spiro atoms. The number of benzene rings is 8. The van der Waals surface area contributed by atoms with Gasteiger partial charge in [0.15, 0.2) is 0 Å². The number of nitrogens with zero attached hydrogens (tertiary/aromatic N) is 1. The molecule has 0 aliphatic carbocycles. The van der Waals surface area contributed by atoms with E-state index in [4.69, 9.17) is 2.74 Å². The lowest BCUT2D eigenvalue weighted by atomic mass is 9.81. The van der Waals surface area contributed by atoms with Crippen molar-refractivity contribution < 1.29 is 5.48 Å². The lowest BCUT2D eigenvalue weighted by molar-refractivity contribution is 1.33. The van der Waals surface area contributed by atoms with E-state index >= 15 is 0 Å². The van der Waals surface area contributed by atoms with Crippen LogP contribution in [0.15, 0.2) is 188 Å². The molecule has 0 saturated heterocycles. The lowest BCUT2D eigenvalue weighted by Crippen LogP contribution is -1.95. The second-order valence-corrected chi connectivity index (χ2v) is 12.0. The first-order valence-electron chi connectivity index (χ1n) is 18.1. The Hall–Kier alpha value is -6.31. The molecule has 8 aromatic carbocycles. The van der Waals surface area contributed by atoms with Gasteiger partial charge in [0.25, 0.3) is 0 Å². The van der Waals surface area contributed by atoms with Gasteiger partial charge in [0.1, 0.15) is 0 Å². The van der Waals surface area contributed by atoms with Crippen LogP contribution >= 0.6 is 0 Å². The summed E-state index contributed by atoms with van der Waals surface area (Å²) in [7, 11) is 0. The first kappa shape index (κ1) is 23.9. The van der Waals surface area contributed by atoms with Gasteiger partial charge >= 0.3 is 0 Å². The van der Waals surface area contributed by atoms with Crippen molar-refractivity contribution in [1.29, 1.82) is 0 Å². The van der Waals surface area contributed by atoms with Gasteiger partial charge in [0, 0.05) is 18.0 Å². The smallest absolute Gasteiger partial charge is 0.0629 e. The third-order valence-electron chi connectivity index (χ3n) is 9.26. The average Bonchev–Trinajstić information content (AvgIpc) is 3.21. The number of aromatic nitrogens is 1. The molecule has 0 atom stereocenters. The van der Waals surface area contributed by atoms with Gasteiger partial charge in [0.2, 0.25) is 0 Å². The van der Waals surface area contributed by atoms with Gasteiger partial charge in [-0.25, -0.2) is 0 Å². The molecule has 1 heteroatoms. The average molecular weight is 614 g/mol. The fourth-order valence-corrected chi connectivity index (χ4v) is 7.09. The molecule has 0 N–H and O–H groups in total. The van der Waals surface area contributed by atoms with Gasteiger partial charge in [-0.15, -0.1) is 0 Å². The van der Waals surface area contributed by atoms with Crippen LogP contribution in [0.5, 0.6) is 0 Å². The topological polar surface area (TPSA) is 12.9 Å². The third kappa shape index (κ3) is 4.76. The molecule has 0 bridgehead atoms. The molecule has 0 fully saturated rings. The minimum atomic E-state index is -0.252. The standard InChI is InChI=1S/C47H31N/c1-3-13-33(14-4-1)39-22-11-23-40(34-15-5-2-6-16-34)46(39)47-43-20-9-7-18-41(43)45(42-19-8-10-21-44(42)47)36-27-25-32-24-26-35(29-38(32)30-36)37-17-12-28-48-31-37/h1-31H/i7D,9D,18D,20D. The van der Waals surface area contributed by atoms with Crippen LogP contribution in [0, 0.1) is 0 Å². The van der Waals surface area contributed by atoms with E-state index in [9.17, 15) is 2.74 Å². The van der Waals surface area contributed by atoms with E-state index in [1.54, 1.807) is 6.20 Å². The maximum atomic E-state index is 9.56. The van der Waals surface area contributed by atoms with Crippen molar-refractivity contribution in [2.75, 3.05) is 0 Å². The molecule has 0 amide bonds. The molecule has 9 aromatic rings.